The molecule has 0 heterocycles. The molecule has 0 atom stereocenters. The minimum Gasteiger partial charge on any atom is -0.491 e. The van der Waals surface area contributed by atoms with E-state index >= 15 is 0 Å². The second-order valence-corrected chi connectivity index (χ2v) is 3.13. The number of carbonyl (C=O) groups is 2. The van der Waals surface area contributed by atoms with Gasteiger partial charge in [-0.3, -0.25) is 4.79 Å². The molecular formula is C12H13FO4. The van der Waals surface area contributed by atoms with Gasteiger partial charge in [-0.15, -0.1) is 0 Å². The highest BCUT2D eigenvalue weighted by Gasteiger charge is 2.19. The zero-order valence-electron chi connectivity index (χ0n) is 9.66. The van der Waals surface area contributed by atoms with Crippen LogP contribution in [0, 0.1) is 5.82 Å². The Morgan fingerprint density at radius 3 is 2.53 bits per heavy atom. The number of Topliss-reactive ketones (excluding diaryl/α,β-unsaturated/α-hetero) is 1. The van der Waals surface area contributed by atoms with E-state index in [0.717, 1.165) is 6.07 Å². The zero-order valence-corrected chi connectivity index (χ0v) is 9.66. The van der Waals surface area contributed by atoms with E-state index in [-0.39, 0.29) is 24.5 Å². The Hall–Kier alpha value is -1.91. The van der Waals surface area contributed by atoms with Crippen LogP contribution in [0.1, 0.15) is 24.2 Å². The molecular weight excluding hydrogens is 227 g/mol. The van der Waals surface area contributed by atoms with E-state index in [1.54, 1.807) is 13.8 Å². The molecule has 0 unspecified atom stereocenters. The lowest BCUT2D eigenvalue weighted by Gasteiger charge is -2.06. The second kappa shape index (κ2) is 5.98. The summed E-state index contributed by atoms with van der Waals surface area (Å²) >= 11 is 0. The molecule has 92 valence electrons. The van der Waals surface area contributed by atoms with Crippen LogP contribution in [0.4, 0.5) is 4.39 Å². The van der Waals surface area contributed by atoms with Crippen LogP contribution in [0.3, 0.4) is 0 Å². The van der Waals surface area contributed by atoms with Crippen molar-refractivity contribution in [3.8, 4) is 5.75 Å². The molecule has 1 aromatic carbocycles. The van der Waals surface area contributed by atoms with Gasteiger partial charge in [0.1, 0.15) is 0 Å². The van der Waals surface area contributed by atoms with Crippen molar-refractivity contribution in [3.63, 3.8) is 0 Å². The Kier molecular flexibility index (Phi) is 4.63. The van der Waals surface area contributed by atoms with Gasteiger partial charge in [0.05, 0.1) is 13.2 Å². The van der Waals surface area contributed by atoms with Gasteiger partial charge in [-0.05, 0) is 32.0 Å². The molecule has 5 heteroatoms. The van der Waals surface area contributed by atoms with Crippen LogP contribution < -0.4 is 4.74 Å². The van der Waals surface area contributed by atoms with Crippen LogP contribution in [-0.2, 0) is 9.53 Å². The maximum Gasteiger partial charge on any atom is 0.379 e. The molecule has 0 bridgehead atoms. The predicted molar refractivity (Wildman–Crippen MR) is 58.5 cm³/mol. The minimum atomic E-state index is -0.957. The molecule has 1 aromatic rings. The third kappa shape index (κ3) is 3.27. The molecule has 0 saturated heterocycles. The third-order valence-corrected chi connectivity index (χ3v) is 1.95. The number of hydrogen-bond acceptors (Lipinski definition) is 4. The van der Waals surface area contributed by atoms with Crippen molar-refractivity contribution in [1.82, 2.24) is 0 Å². The summed E-state index contributed by atoms with van der Waals surface area (Å²) in [5, 5.41) is 0. The summed E-state index contributed by atoms with van der Waals surface area (Å²) < 4.78 is 22.8. The Morgan fingerprint density at radius 1 is 1.24 bits per heavy atom. The number of halogens is 1. The molecule has 17 heavy (non-hydrogen) atoms. The fourth-order valence-electron chi connectivity index (χ4n) is 1.23. The fourth-order valence-corrected chi connectivity index (χ4v) is 1.23. The summed E-state index contributed by atoms with van der Waals surface area (Å²) in [6, 6.07) is 3.49. The quantitative estimate of drug-likeness (QED) is 0.448. The molecule has 0 saturated carbocycles. The topological polar surface area (TPSA) is 52.6 Å². The van der Waals surface area contributed by atoms with Crippen LogP contribution in [0.5, 0.6) is 5.75 Å². The third-order valence-electron chi connectivity index (χ3n) is 1.95. The van der Waals surface area contributed by atoms with Gasteiger partial charge in [0, 0.05) is 5.56 Å². The van der Waals surface area contributed by atoms with E-state index in [0.29, 0.717) is 0 Å². The maximum atomic E-state index is 13.2. The van der Waals surface area contributed by atoms with Gasteiger partial charge in [0.15, 0.2) is 11.6 Å². The monoisotopic (exact) mass is 240 g/mol. The molecule has 1 rings (SSSR count). The first kappa shape index (κ1) is 13.2. The van der Waals surface area contributed by atoms with E-state index < -0.39 is 17.6 Å². The normalized spacial score (nSPS) is 9.82. The van der Waals surface area contributed by atoms with Crippen molar-refractivity contribution >= 4 is 11.8 Å². The molecule has 0 amide bonds. The first-order valence-electron chi connectivity index (χ1n) is 5.24. The van der Waals surface area contributed by atoms with Crippen molar-refractivity contribution in [3.05, 3.63) is 29.6 Å². The summed E-state index contributed by atoms with van der Waals surface area (Å²) in [6.45, 7) is 3.68. The standard InChI is InChI=1S/C12H13FO4/c1-3-16-10-7-8(5-6-9(10)13)11(14)12(15)17-4-2/h5-7H,3-4H2,1-2H3. The summed E-state index contributed by atoms with van der Waals surface area (Å²) in [5.41, 5.74) is 0.0494. The lowest BCUT2D eigenvalue weighted by molar-refractivity contribution is -0.137. The van der Waals surface area contributed by atoms with Crippen LogP contribution in [0.25, 0.3) is 0 Å². The maximum absolute atomic E-state index is 13.2. The van der Waals surface area contributed by atoms with Crippen LogP contribution in [-0.4, -0.2) is 25.0 Å². The Morgan fingerprint density at radius 2 is 1.94 bits per heavy atom. The van der Waals surface area contributed by atoms with E-state index in [9.17, 15) is 14.0 Å². The van der Waals surface area contributed by atoms with Gasteiger partial charge in [-0.1, -0.05) is 0 Å². The van der Waals surface area contributed by atoms with Crippen LogP contribution >= 0.6 is 0 Å². The zero-order chi connectivity index (χ0) is 12.8. The van der Waals surface area contributed by atoms with Crippen molar-refractivity contribution in [2.24, 2.45) is 0 Å². The summed E-state index contributed by atoms with van der Waals surface area (Å²) in [6.07, 6.45) is 0. The largest absolute Gasteiger partial charge is 0.491 e. The second-order valence-electron chi connectivity index (χ2n) is 3.13. The fraction of sp³-hybridized carbons (Fsp3) is 0.333. The van der Waals surface area contributed by atoms with Gasteiger partial charge in [-0.25, -0.2) is 9.18 Å². The number of ether oxygens (including phenoxy) is 2. The Balaban J connectivity index is 2.95. The van der Waals surface area contributed by atoms with E-state index in [4.69, 9.17) is 4.74 Å². The van der Waals surface area contributed by atoms with Gasteiger partial charge < -0.3 is 9.47 Å². The van der Waals surface area contributed by atoms with Crippen LogP contribution in [0.2, 0.25) is 0 Å². The van der Waals surface area contributed by atoms with Gasteiger partial charge >= 0.3 is 5.97 Å². The van der Waals surface area contributed by atoms with Crippen molar-refractivity contribution in [1.29, 1.82) is 0 Å². The van der Waals surface area contributed by atoms with Crippen molar-refractivity contribution in [2.75, 3.05) is 13.2 Å². The lowest BCUT2D eigenvalue weighted by atomic mass is 10.1. The predicted octanol–water partition coefficient (Wildman–Crippen LogP) is 1.97. The average molecular weight is 240 g/mol. The molecule has 0 radical (unpaired) electrons. The number of rotatable bonds is 5. The molecule has 0 spiro atoms. The van der Waals surface area contributed by atoms with E-state index in [1.807, 2.05) is 0 Å². The highest BCUT2D eigenvalue weighted by molar-refractivity contribution is 6.40. The molecule has 0 N–H and O–H groups in total. The molecule has 0 aromatic heterocycles. The summed E-state index contributed by atoms with van der Waals surface area (Å²) in [7, 11) is 0. The molecule has 4 nitrogen and oxygen atoms in total. The van der Waals surface area contributed by atoms with Gasteiger partial charge in [-0.2, -0.15) is 0 Å². The smallest absolute Gasteiger partial charge is 0.379 e. The van der Waals surface area contributed by atoms with Gasteiger partial charge in [0.25, 0.3) is 5.78 Å². The first-order chi connectivity index (χ1) is 8.10. The highest BCUT2D eigenvalue weighted by Crippen LogP contribution is 2.19. The highest BCUT2D eigenvalue weighted by atomic mass is 19.1. The van der Waals surface area contributed by atoms with Crippen LogP contribution in [0.15, 0.2) is 18.2 Å². The lowest BCUT2D eigenvalue weighted by Crippen LogP contribution is -2.17. The molecule has 0 aliphatic rings. The number of benzene rings is 1. The SMILES string of the molecule is CCOC(=O)C(=O)c1ccc(F)c(OCC)c1. The van der Waals surface area contributed by atoms with Crippen molar-refractivity contribution < 1.29 is 23.5 Å². The molecule has 0 aliphatic heterocycles. The number of ketones is 1. The molecule has 0 fully saturated rings. The average Bonchev–Trinajstić information content (AvgIpc) is 2.31. The number of esters is 1. The summed E-state index contributed by atoms with van der Waals surface area (Å²) in [5.74, 6) is -2.40. The summed E-state index contributed by atoms with van der Waals surface area (Å²) in [4.78, 5) is 22.7. The molecule has 0 aliphatic carbocycles. The van der Waals surface area contributed by atoms with E-state index in [2.05, 4.69) is 4.74 Å². The van der Waals surface area contributed by atoms with Gasteiger partial charge in [0.2, 0.25) is 0 Å². The minimum absolute atomic E-state index is 0.0494. The first-order valence-corrected chi connectivity index (χ1v) is 5.24. The Labute approximate surface area is 98.3 Å². The number of carbonyl (C=O) groups excluding carboxylic acids is 2. The number of hydrogen-bond donors (Lipinski definition) is 0. The Bertz CT molecular complexity index is 429. The van der Waals surface area contributed by atoms with E-state index in [1.165, 1.54) is 12.1 Å². The van der Waals surface area contributed by atoms with Crippen molar-refractivity contribution in [2.45, 2.75) is 13.8 Å².